The van der Waals surface area contributed by atoms with Crippen LogP contribution in [0.25, 0.3) is 0 Å². The Hall–Kier alpha value is -0.460. The molecule has 0 saturated heterocycles. The number of allylic oxidation sites excluding steroid dienone is 2. The van der Waals surface area contributed by atoms with Gasteiger partial charge in [-0.05, 0) is 44.4 Å². The smallest absolute Gasteiger partial charge is 0.110 e. The number of unbranched alkanes of at least 4 members (excludes halogenated alkanes) is 1. The zero-order chi connectivity index (χ0) is 20.7. The Morgan fingerprint density at radius 3 is 2.22 bits per heavy atom. The van der Waals surface area contributed by atoms with Crippen LogP contribution in [-0.2, 0) is 4.74 Å². The van der Waals surface area contributed by atoms with Gasteiger partial charge in [-0.15, -0.1) is 0 Å². The summed E-state index contributed by atoms with van der Waals surface area (Å²) < 4.78 is 5.33. The van der Waals surface area contributed by atoms with Crippen molar-refractivity contribution in [1.82, 2.24) is 0 Å². The summed E-state index contributed by atoms with van der Waals surface area (Å²) in [5.74, 6) is 1.63. The molecule has 0 spiro atoms. The summed E-state index contributed by atoms with van der Waals surface area (Å²) in [6, 6.07) is 0. The number of aliphatic hydroxyl groups is 4. The van der Waals surface area contributed by atoms with Gasteiger partial charge in [0.15, 0.2) is 0 Å². The molecule has 0 saturated carbocycles. The van der Waals surface area contributed by atoms with E-state index in [0.717, 1.165) is 31.1 Å². The number of aliphatic hydroxyl groups excluding tert-OH is 4. The molecule has 0 aliphatic carbocycles. The van der Waals surface area contributed by atoms with E-state index < -0.39 is 24.9 Å². The van der Waals surface area contributed by atoms with Crippen LogP contribution in [0.5, 0.6) is 0 Å². The second kappa shape index (κ2) is 16.5. The highest BCUT2D eigenvalue weighted by Gasteiger charge is 2.23. The molecule has 0 aromatic rings. The summed E-state index contributed by atoms with van der Waals surface area (Å²) >= 11 is 0. The summed E-state index contributed by atoms with van der Waals surface area (Å²) in [5.41, 5.74) is 1.42. The van der Waals surface area contributed by atoms with Gasteiger partial charge in [-0.25, -0.2) is 0 Å². The first kappa shape index (κ1) is 26.5. The largest absolute Gasteiger partial charge is 0.394 e. The predicted octanol–water partition coefficient (Wildman–Crippen LogP) is 3.44. The first-order valence-corrected chi connectivity index (χ1v) is 10.7. The van der Waals surface area contributed by atoms with Gasteiger partial charge in [-0.3, -0.25) is 0 Å². The van der Waals surface area contributed by atoms with Gasteiger partial charge >= 0.3 is 0 Å². The summed E-state index contributed by atoms with van der Waals surface area (Å²) in [6.45, 7) is 8.99. The van der Waals surface area contributed by atoms with Crippen molar-refractivity contribution in [2.75, 3.05) is 19.8 Å². The fraction of sp³-hybridized carbons (Fsp3) is 0.909. The van der Waals surface area contributed by atoms with Gasteiger partial charge in [0.05, 0.1) is 13.2 Å². The van der Waals surface area contributed by atoms with Crippen LogP contribution in [0.1, 0.15) is 79.1 Å². The summed E-state index contributed by atoms with van der Waals surface area (Å²) in [7, 11) is 0. The van der Waals surface area contributed by atoms with Crippen molar-refractivity contribution >= 4 is 0 Å². The van der Waals surface area contributed by atoms with Crippen LogP contribution in [0.2, 0.25) is 0 Å². The van der Waals surface area contributed by atoms with Gasteiger partial charge in [0.2, 0.25) is 0 Å². The van der Waals surface area contributed by atoms with Crippen molar-refractivity contribution in [3.05, 3.63) is 11.6 Å². The molecule has 0 aromatic heterocycles. The molecule has 0 amide bonds. The van der Waals surface area contributed by atoms with E-state index in [1.807, 2.05) is 0 Å². The van der Waals surface area contributed by atoms with Crippen LogP contribution < -0.4 is 0 Å². The molecule has 1 unspecified atom stereocenters. The number of ether oxygens (including phenoxy) is 1. The van der Waals surface area contributed by atoms with Crippen LogP contribution in [0.4, 0.5) is 0 Å². The second-order valence-corrected chi connectivity index (χ2v) is 8.40. The Kier molecular flexibility index (Phi) is 16.2. The Labute approximate surface area is 166 Å². The van der Waals surface area contributed by atoms with Gasteiger partial charge in [0.25, 0.3) is 0 Å². The van der Waals surface area contributed by atoms with E-state index in [9.17, 15) is 15.3 Å². The normalized spacial score (nSPS) is 17.1. The minimum atomic E-state index is -1.38. The molecule has 0 radical (unpaired) electrons. The van der Waals surface area contributed by atoms with Crippen LogP contribution in [-0.4, -0.2) is 58.6 Å². The molecule has 0 aromatic carbocycles. The van der Waals surface area contributed by atoms with Crippen molar-refractivity contribution in [1.29, 1.82) is 0 Å². The lowest BCUT2D eigenvalue weighted by atomic mass is 9.94. The van der Waals surface area contributed by atoms with Gasteiger partial charge in [-0.1, -0.05) is 58.1 Å². The first-order valence-electron chi connectivity index (χ1n) is 10.7. The van der Waals surface area contributed by atoms with E-state index in [1.54, 1.807) is 0 Å². The SMILES string of the molecule is C/C(=C\CCCOC[C@H](O)[C@@H](O)[C@H](O)CO)CCCC(C)CCCC(C)C. The minimum absolute atomic E-state index is 0.0460. The molecule has 0 aliphatic rings. The van der Waals surface area contributed by atoms with Crippen molar-refractivity contribution < 1.29 is 25.2 Å². The Balaban J connectivity index is 3.68. The average molecular weight is 389 g/mol. The third-order valence-corrected chi connectivity index (χ3v) is 5.00. The van der Waals surface area contributed by atoms with E-state index in [0.29, 0.717) is 6.61 Å². The maximum absolute atomic E-state index is 9.63. The molecule has 5 heteroatoms. The Bertz CT molecular complexity index is 370. The van der Waals surface area contributed by atoms with E-state index in [4.69, 9.17) is 9.84 Å². The molecule has 0 aliphatic heterocycles. The van der Waals surface area contributed by atoms with Crippen molar-refractivity contribution in [2.45, 2.75) is 97.4 Å². The zero-order valence-corrected chi connectivity index (χ0v) is 17.9. The van der Waals surface area contributed by atoms with E-state index in [1.165, 1.54) is 37.7 Å². The zero-order valence-electron chi connectivity index (χ0n) is 17.9. The van der Waals surface area contributed by atoms with Crippen molar-refractivity contribution in [2.24, 2.45) is 11.8 Å². The van der Waals surface area contributed by atoms with Gasteiger partial charge < -0.3 is 25.2 Å². The lowest BCUT2D eigenvalue weighted by Gasteiger charge is -2.21. The first-order chi connectivity index (χ1) is 12.8. The fourth-order valence-electron chi connectivity index (χ4n) is 3.05. The van der Waals surface area contributed by atoms with E-state index >= 15 is 0 Å². The third kappa shape index (κ3) is 15.2. The molecular weight excluding hydrogens is 344 g/mol. The average Bonchev–Trinajstić information content (AvgIpc) is 2.62. The molecule has 162 valence electrons. The molecule has 0 heterocycles. The highest BCUT2D eigenvalue weighted by molar-refractivity contribution is 4.97. The van der Waals surface area contributed by atoms with Gasteiger partial charge in [-0.2, -0.15) is 0 Å². The number of hydrogen-bond donors (Lipinski definition) is 4. The molecule has 4 atom stereocenters. The molecular formula is C22H44O5. The molecule has 0 fully saturated rings. The molecule has 27 heavy (non-hydrogen) atoms. The lowest BCUT2D eigenvalue weighted by molar-refractivity contribution is -0.0996. The summed E-state index contributed by atoms with van der Waals surface area (Å²) in [5, 5.41) is 37.1. The predicted molar refractivity (Wildman–Crippen MR) is 111 cm³/mol. The van der Waals surface area contributed by atoms with Crippen molar-refractivity contribution in [3.8, 4) is 0 Å². The quantitative estimate of drug-likeness (QED) is 0.226. The van der Waals surface area contributed by atoms with Crippen LogP contribution in [0, 0.1) is 11.8 Å². The van der Waals surface area contributed by atoms with Gasteiger partial charge in [0.1, 0.15) is 18.3 Å². The van der Waals surface area contributed by atoms with Crippen LogP contribution >= 0.6 is 0 Å². The molecule has 0 bridgehead atoms. The molecule has 5 nitrogen and oxygen atoms in total. The Morgan fingerprint density at radius 1 is 0.926 bits per heavy atom. The number of rotatable bonds is 17. The van der Waals surface area contributed by atoms with Crippen molar-refractivity contribution in [3.63, 3.8) is 0 Å². The maximum Gasteiger partial charge on any atom is 0.110 e. The second-order valence-electron chi connectivity index (χ2n) is 8.40. The standard InChI is InChI=1S/C22H44O5/c1-17(2)9-7-11-19(4)13-8-12-18(3)10-5-6-14-27-16-21(25)22(26)20(24)15-23/h10,17,19-26H,5-9,11-16H2,1-4H3/b18-10+/t19?,20-,21+,22+/m1/s1. The monoisotopic (exact) mass is 388 g/mol. The van der Waals surface area contributed by atoms with E-state index in [-0.39, 0.29) is 6.61 Å². The maximum atomic E-state index is 9.63. The summed E-state index contributed by atoms with van der Waals surface area (Å²) in [6.07, 6.45) is 7.86. The molecule has 4 N–H and O–H groups in total. The highest BCUT2D eigenvalue weighted by atomic mass is 16.5. The van der Waals surface area contributed by atoms with Gasteiger partial charge in [0, 0.05) is 6.61 Å². The highest BCUT2D eigenvalue weighted by Crippen LogP contribution is 2.19. The Morgan fingerprint density at radius 2 is 1.59 bits per heavy atom. The van der Waals surface area contributed by atoms with Crippen LogP contribution in [0.3, 0.4) is 0 Å². The minimum Gasteiger partial charge on any atom is -0.394 e. The fourth-order valence-corrected chi connectivity index (χ4v) is 3.05. The van der Waals surface area contributed by atoms with Crippen LogP contribution in [0.15, 0.2) is 11.6 Å². The topological polar surface area (TPSA) is 90.2 Å². The summed E-state index contributed by atoms with van der Waals surface area (Å²) in [4.78, 5) is 0. The lowest BCUT2D eigenvalue weighted by Crippen LogP contribution is -2.41. The molecule has 0 rings (SSSR count). The third-order valence-electron chi connectivity index (χ3n) is 5.00. The number of hydrogen-bond acceptors (Lipinski definition) is 5. The van der Waals surface area contributed by atoms with E-state index in [2.05, 4.69) is 33.8 Å².